The Morgan fingerprint density at radius 2 is 1.58 bits per heavy atom. The molecule has 0 aromatic heterocycles. The number of methoxy groups -OCH3 is 1. The molecule has 3 aromatic carbocycles. The van der Waals surface area contributed by atoms with Crippen LogP contribution in [-0.2, 0) is 13.0 Å². The number of rotatable bonds is 7. The quantitative estimate of drug-likeness (QED) is 0.419. The third-order valence-corrected chi connectivity index (χ3v) is 8.19. The van der Waals surface area contributed by atoms with Crippen molar-refractivity contribution in [2.75, 3.05) is 20.2 Å². The molecule has 33 heavy (non-hydrogen) atoms. The third-order valence-electron chi connectivity index (χ3n) is 7.37. The molecule has 3 nitrogen and oxygen atoms in total. The first kappa shape index (κ1) is 22.7. The van der Waals surface area contributed by atoms with Crippen molar-refractivity contribution in [3.8, 4) is 16.9 Å². The lowest BCUT2D eigenvalue weighted by Gasteiger charge is -2.51. The number of halogens is 2. The number of fused-ring (bicyclic) bond motifs is 3. The van der Waals surface area contributed by atoms with E-state index in [-0.39, 0.29) is 0 Å². The van der Waals surface area contributed by atoms with Crippen LogP contribution in [-0.4, -0.2) is 37.2 Å². The summed E-state index contributed by atoms with van der Waals surface area (Å²) in [5.74, 6) is 1.65. The molecular formula is C28H30Cl2N2O. The van der Waals surface area contributed by atoms with E-state index in [1.165, 1.54) is 42.6 Å². The zero-order chi connectivity index (χ0) is 22.8. The van der Waals surface area contributed by atoms with Crippen LogP contribution in [0.15, 0.2) is 66.7 Å². The average Bonchev–Trinajstić information content (AvgIpc) is 2.86. The van der Waals surface area contributed by atoms with E-state index in [0.717, 1.165) is 24.3 Å². The van der Waals surface area contributed by atoms with Crippen LogP contribution in [0, 0.1) is 5.92 Å². The van der Waals surface area contributed by atoms with Crippen LogP contribution in [0.5, 0.6) is 5.75 Å². The summed E-state index contributed by atoms with van der Waals surface area (Å²) < 4.78 is 5.58. The molecule has 0 aliphatic carbocycles. The number of benzene rings is 3. The van der Waals surface area contributed by atoms with Crippen LogP contribution in [0.3, 0.4) is 0 Å². The number of hydrogen-bond donors (Lipinski definition) is 1. The predicted molar refractivity (Wildman–Crippen MR) is 137 cm³/mol. The molecule has 3 heterocycles. The summed E-state index contributed by atoms with van der Waals surface area (Å²) in [6.07, 6.45) is 3.52. The third kappa shape index (κ3) is 4.65. The van der Waals surface area contributed by atoms with Gasteiger partial charge in [-0.25, -0.2) is 0 Å². The van der Waals surface area contributed by atoms with Gasteiger partial charge in [0.05, 0.1) is 17.2 Å². The second-order valence-electron chi connectivity index (χ2n) is 9.12. The van der Waals surface area contributed by atoms with E-state index in [0.29, 0.717) is 28.0 Å². The lowest BCUT2D eigenvalue weighted by atomic mass is 9.76. The number of nitrogens with one attached hydrogen (secondary N) is 1. The second kappa shape index (κ2) is 10.1. The van der Waals surface area contributed by atoms with E-state index >= 15 is 0 Å². The van der Waals surface area contributed by atoms with Gasteiger partial charge in [-0.15, -0.1) is 0 Å². The lowest BCUT2D eigenvalue weighted by Crippen LogP contribution is -2.63. The minimum absolute atomic E-state index is 0.445. The minimum Gasteiger partial charge on any atom is -0.496 e. The first-order chi connectivity index (χ1) is 16.2. The Kier molecular flexibility index (Phi) is 6.94. The summed E-state index contributed by atoms with van der Waals surface area (Å²) in [6.45, 7) is 3.18. The van der Waals surface area contributed by atoms with Gasteiger partial charge in [0.15, 0.2) is 0 Å². The normalized spacial score (nSPS) is 24.1. The Morgan fingerprint density at radius 1 is 0.879 bits per heavy atom. The predicted octanol–water partition coefficient (Wildman–Crippen LogP) is 6.46. The molecule has 3 saturated heterocycles. The molecule has 2 unspecified atom stereocenters. The van der Waals surface area contributed by atoms with Gasteiger partial charge in [0, 0.05) is 29.8 Å². The molecule has 5 heteroatoms. The summed E-state index contributed by atoms with van der Waals surface area (Å²) in [6, 6.07) is 23.7. The first-order valence-electron chi connectivity index (χ1n) is 11.8. The molecule has 3 aromatic rings. The number of piperidine rings is 3. The van der Waals surface area contributed by atoms with E-state index in [9.17, 15) is 0 Å². The number of nitrogens with zero attached hydrogens (tertiary/aromatic N) is 1. The standard InChI is InChI=1S/C28H30Cl2N2O/c1-33-26-12-5-3-8-21(26)18-31-28-19-13-15-32(16-14-19)25(28)17-20-7-2-4-9-22(20)23-10-6-11-24(29)27(23)30/h2-12,19,25,28,31H,13-18H2,1H3. The van der Waals surface area contributed by atoms with Gasteiger partial charge in [0.25, 0.3) is 0 Å². The second-order valence-corrected chi connectivity index (χ2v) is 9.91. The Labute approximate surface area is 206 Å². The van der Waals surface area contributed by atoms with Crippen molar-refractivity contribution in [2.45, 2.75) is 37.9 Å². The largest absolute Gasteiger partial charge is 0.496 e. The van der Waals surface area contributed by atoms with Crippen LogP contribution >= 0.6 is 23.2 Å². The zero-order valence-electron chi connectivity index (χ0n) is 18.9. The van der Waals surface area contributed by atoms with Gasteiger partial charge in [-0.05, 0) is 61.5 Å². The maximum absolute atomic E-state index is 6.61. The summed E-state index contributed by atoms with van der Waals surface area (Å²) >= 11 is 13.0. The molecule has 0 spiro atoms. The Hall–Kier alpha value is -2.04. The molecular weight excluding hydrogens is 451 g/mol. The van der Waals surface area contributed by atoms with Crippen LogP contribution in [0.25, 0.3) is 11.1 Å². The Balaban J connectivity index is 1.42. The molecule has 3 aliphatic rings. The van der Waals surface area contributed by atoms with Crippen LogP contribution in [0.1, 0.15) is 24.0 Å². The molecule has 6 rings (SSSR count). The van der Waals surface area contributed by atoms with Crippen molar-refractivity contribution in [3.63, 3.8) is 0 Å². The smallest absolute Gasteiger partial charge is 0.123 e. The monoisotopic (exact) mass is 480 g/mol. The number of hydrogen-bond acceptors (Lipinski definition) is 3. The van der Waals surface area contributed by atoms with Gasteiger partial charge in [-0.3, -0.25) is 4.90 Å². The van der Waals surface area contributed by atoms with Gasteiger partial charge < -0.3 is 10.1 Å². The molecule has 0 amide bonds. The molecule has 172 valence electrons. The van der Waals surface area contributed by atoms with E-state index in [2.05, 4.69) is 52.7 Å². The van der Waals surface area contributed by atoms with E-state index in [1.807, 2.05) is 24.3 Å². The maximum Gasteiger partial charge on any atom is 0.123 e. The fourth-order valence-corrected chi connectivity index (χ4v) is 6.09. The lowest BCUT2D eigenvalue weighted by molar-refractivity contribution is 0.0127. The highest BCUT2D eigenvalue weighted by molar-refractivity contribution is 6.43. The van der Waals surface area contributed by atoms with Gasteiger partial charge >= 0.3 is 0 Å². The Morgan fingerprint density at radius 3 is 2.36 bits per heavy atom. The van der Waals surface area contributed by atoms with Crippen molar-refractivity contribution in [1.82, 2.24) is 10.2 Å². The topological polar surface area (TPSA) is 24.5 Å². The van der Waals surface area contributed by atoms with Gasteiger partial charge in [-0.2, -0.15) is 0 Å². The Bertz CT molecular complexity index is 1110. The van der Waals surface area contributed by atoms with Crippen molar-refractivity contribution in [2.24, 2.45) is 5.92 Å². The molecule has 1 N–H and O–H groups in total. The highest BCUT2D eigenvalue weighted by Gasteiger charge is 2.42. The zero-order valence-corrected chi connectivity index (χ0v) is 20.4. The van der Waals surface area contributed by atoms with Crippen molar-refractivity contribution in [3.05, 3.63) is 87.9 Å². The average molecular weight is 481 g/mol. The first-order valence-corrected chi connectivity index (χ1v) is 12.5. The highest BCUT2D eigenvalue weighted by Crippen LogP contribution is 2.38. The van der Waals surface area contributed by atoms with Gasteiger partial charge in [0.1, 0.15) is 5.75 Å². The molecule has 0 saturated carbocycles. The highest BCUT2D eigenvalue weighted by atomic mass is 35.5. The van der Waals surface area contributed by atoms with Crippen LogP contribution in [0.2, 0.25) is 10.0 Å². The summed E-state index contributed by atoms with van der Waals surface area (Å²) in [7, 11) is 1.74. The molecule has 3 aliphatic heterocycles. The summed E-state index contributed by atoms with van der Waals surface area (Å²) in [5.41, 5.74) is 4.72. The molecule has 2 bridgehead atoms. The van der Waals surface area contributed by atoms with E-state index < -0.39 is 0 Å². The van der Waals surface area contributed by atoms with Crippen LogP contribution < -0.4 is 10.1 Å². The number of para-hydroxylation sites is 1. The van der Waals surface area contributed by atoms with Crippen molar-refractivity contribution in [1.29, 1.82) is 0 Å². The van der Waals surface area contributed by atoms with Crippen LogP contribution in [0.4, 0.5) is 0 Å². The van der Waals surface area contributed by atoms with Crippen molar-refractivity contribution >= 4 is 23.2 Å². The SMILES string of the molecule is COc1ccccc1CNC1C2CCN(CC2)C1Cc1ccccc1-c1cccc(Cl)c1Cl. The fraction of sp³-hybridized carbons (Fsp3) is 0.357. The fourth-order valence-electron chi connectivity index (χ4n) is 5.69. The van der Waals surface area contributed by atoms with Gasteiger partial charge in [-0.1, -0.05) is 77.8 Å². The molecule has 2 atom stereocenters. The van der Waals surface area contributed by atoms with E-state index in [1.54, 1.807) is 7.11 Å². The maximum atomic E-state index is 6.61. The van der Waals surface area contributed by atoms with Crippen molar-refractivity contribution < 1.29 is 4.74 Å². The summed E-state index contributed by atoms with van der Waals surface area (Å²) in [4.78, 5) is 2.68. The number of ether oxygens (including phenoxy) is 1. The van der Waals surface area contributed by atoms with Gasteiger partial charge in [0.2, 0.25) is 0 Å². The molecule has 3 fully saturated rings. The molecule has 0 radical (unpaired) electrons. The minimum atomic E-state index is 0.445. The van der Waals surface area contributed by atoms with E-state index in [4.69, 9.17) is 27.9 Å². The summed E-state index contributed by atoms with van der Waals surface area (Å²) in [5, 5.41) is 5.15.